The van der Waals surface area contributed by atoms with Crippen molar-refractivity contribution in [3.63, 3.8) is 0 Å². The van der Waals surface area contributed by atoms with Gasteiger partial charge >= 0.3 is 5.97 Å². The molecular formula is C22H30N4O4. The predicted octanol–water partition coefficient (Wildman–Crippen LogP) is 2.60. The summed E-state index contributed by atoms with van der Waals surface area (Å²) in [7, 11) is 1.37. The maximum absolute atomic E-state index is 11.6. The molecule has 1 aromatic carbocycles. The Morgan fingerprint density at radius 3 is 2.73 bits per heavy atom. The third-order valence-corrected chi connectivity index (χ3v) is 6.00. The highest BCUT2D eigenvalue weighted by atomic mass is 16.5. The maximum atomic E-state index is 11.6. The number of rotatable bonds is 7. The number of hydrogen-bond donors (Lipinski definition) is 0. The number of aromatic nitrogens is 2. The number of carbonyl (C=O) groups excluding carboxylic acids is 1. The SMILES string of the molecule is COC(=O)c1ccc(-c2noc(CN3CCCC[C@@H]3CCN3CCOCC3)n2)cc1. The Morgan fingerprint density at radius 2 is 1.97 bits per heavy atom. The van der Waals surface area contributed by atoms with Gasteiger partial charge in [-0.15, -0.1) is 0 Å². The molecule has 0 unspecified atom stereocenters. The van der Waals surface area contributed by atoms with Crippen molar-refractivity contribution < 1.29 is 18.8 Å². The topological polar surface area (TPSA) is 80.9 Å². The van der Waals surface area contributed by atoms with Crippen molar-refractivity contribution in [3.05, 3.63) is 35.7 Å². The monoisotopic (exact) mass is 414 g/mol. The molecule has 4 rings (SSSR count). The fourth-order valence-corrected chi connectivity index (χ4v) is 4.23. The molecule has 0 bridgehead atoms. The van der Waals surface area contributed by atoms with Crippen molar-refractivity contribution in [1.82, 2.24) is 19.9 Å². The summed E-state index contributed by atoms with van der Waals surface area (Å²) in [6.45, 7) is 6.63. The lowest BCUT2D eigenvalue weighted by Crippen LogP contribution is -2.43. The lowest BCUT2D eigenvalue weighted by molar-refractivity contribution is 0.0294. The van der Waals surface area contributed by atoms with Crippen LogP contribution in [0, 0.1) is 0 Å². The molecule has 2 aromatic rings. The maximum Gasteiger partial charge on any atom is 0.337 e. The minimum Gasteiger partial charge on any atom is -0.465 e. The second-order valence-corrected chi connectivity index (χ2v) is 7.94. The Kier molecular flexibility index (Phi) is 7.09. The zero-order valence-corrected chi connectivity index (χ0v) is 17.6. The third kappa shape index (κ3) is 5.24. The molecular weight excluding hydrogens is 384 g/mol. The van der Waals surface area contributed by atoms with Gasteiger partial charge in [0.25, 0.3) is 0 Å². The molecule has 2 fully saturated rings. The van der Waals surface area contributed by atoms with Gasteiger partial charge in [0.1, 0.15) is 0 Å². The number of carbonyl (C=O) groups is 1. The summed E-state index contributed by atoms with van der Waals surface area (Å²) in [5, 5.41) is 4.14. The van der Waals surface area contributed by atoms with Gasteiger partial charge in [-0.05, 0) is 44.5 Å². The van der Waals surface area contributed by atoms with Crippen molar-refractivity contribution in [2.24, 2.45) is 0 Å². The van der Waals surface area contributed by atoms with Crippen LogP contribution < -0.4 is 0 Å². The number of piperidine rings is 1. The molecule has 0 aliphatic carbocycles. The van der Waals surface area contributed by atoms with Crippen molar-refractivity contribution in [3.8, 4) is 11.4 Å². The van der Waals surface area contributed by atoms with E-state index in [9.17, 15) is 4.79 Å². The van der Waals surface area contributed by atoms with Crippen molar-refractivity contribution in [2.45, 2.75) is 38.3 Å². The van der Waals surface area contributed by atoms with E-state index >= 15 is 0 Å². The van der Waals surface area contributed by atoms with E-state index in [4.69, 9.17) is 14.0 Å². The predicted molar refractivity (Wildman–Crippen MR) is 111 cm³/mol. The normalized spacial score (nSPS) is 20.9. The molecule has 0 amide bonds. The van der Waals surface area contributed by atoms with E-state index in [1.807, 2.05) is 12.1 Å². The molecule has 2 saturated heterocycles. The third-order valence-electron chi connectivity index (χ3n) is 6.00. The van der Waals surface area contributed by atoms with E-state index in [-0.39, 0.29) is 5.97 Å². The number of ether oxygens (including phenoxy) is 2. The quantitative estimate of drug-likeness (QED) is 0.640. The summed E-state index contributed by atoms with van der Waals surface area (Å²) in [6.07, 6.45) is 4.88. The van der Waals surface area contributed by atoms with Gasteiger partial charge in [-0.2, -0.15) is 4.98 Å². The Bertz CT molecular complexity index is 817. The minimum absolute atomic E-state index is 0.358. The molecule has 2 aliphatic rings. The van der Waals surface area contributed by atoms with Gasteiger partial charge in [-0.3, -0.25) is 9.80 Å². The average Bonchev–Trinajstić information content (AvgIpc) is 3.27. The minimum atomic E-state index is -0.358. The van der Waals surface area contributed by atoms with Crippen LogP contribution in [0.25, 0.3) is 11.4 Å². The van der Waals surface area contributed by atoms with Crippen LogP contribution in [0.3, 0.4) is 0 Å². The van der Waals surface area contributed by atoms with E-state index in [2.05, 4.69) is 19.9 Å². The van der Waals surface area contributed by atoms with Crippen molar-refractivity contribution in [2.75, 3.05) is 46.5 Å². The van der Waals surface area contributed by atoms with E-state index < -0.39 is 0 Å². The van der Waals surface area contributed by atoms with Crippen LogP contribution in [0.15, 0.2) is 28.8 Å². The number of methoxy groups -OCH3 is 1. The molecule has 0 spiro atoms. The van der Waals surface area contributed by atoms with Gasteiger partial charge in [0.15, 0.2) is 0 Å². The summed E-state index contributed by atoms with van der Waals surface area (Å²) >= 11 is 0. The molecule has 1 atom stereocenters. The number of likely N-dealkylation sites (tertiary alicyclic amines) is 1. The van der Waals surface area contributed by atoms with Gasteiger partial charge < -0.3 is 14.0 Å². The molecule has 1 aromatic heterocycles. The second kappa shape index (κ2) is 10.1. The van der Waals surface area contributed by atoms with Gasteiger partial charge in [0.05, 0.1) is 32.4 Å². The van der Waals surface area contributed by atoms with E-state index in [0.717, 1.165) is 51.4 Å². The Morgan fingerprint density at radius 1 is 1.17 bits per heavy atom. The first kappa shape index (κ1) is 21.0. The molecule has 8 nitrogen and oxygen atoms in total. The highest BCUT2D eigenvalue weighted by molar-refractivity contribution is 5.89. The summed E-state index contributed by atoms with van der Waals surface area (Å²) in [4.78, 5) is 21.2. The number of hydrogen-bond acceptors (Lipinski definition) is 8. The van der Waals surface area contributed by atoms with Crippen molar-refractivity contribution >= 4 is 5.97 Å². The number of benzene rings is 1. The molecule has 3 heterocycles. The van der Waals surface area contributed by atoms with E-state index in [1.54, 1.807) is 12.1 Å². The lowest BCUT2D eigenvalue weighted by Gasteiger charge is -2.36. The molecule has 2 aliphatic heterocycles. The van der Waals surface area contributed by atoms with E-state index in [1.165, 1.54) is 26.4 Å². The van der Waals surface area contributed by atoms with Gasteiger partial charge in [0.2, 0.25) is 11.7 Å². The van der Waals surface area contributed by atoms with Crippen LogP contribution in [0.2, 0.25) is 0 Å². The fraction of sp³-hybridized carbons (Fsp3) is 0.591. The van der Waals surface area contributed by atoms with Gasteiger partial charge in [0, 0.05) is 24.7 Å². The van der Waals surface area contributed by atoms with Crippen LogP contribution in [0.4, 0.5) is 0 Å². The highest BCUT2D eigenvalue weighted by Gasteiger charge is 2.25. The highest BCUT2D eigenvalue weighted by Crippen LogP contribution is 2.23. The molecule has 0 radical (unpaired) electrons. The first-order chi connectivity index (χ1) is 14.7. The van der Waals surface area contributed by atoms with E-state index in [0.29, 0.717) is 29.9 Å². The molecule has 162 valence electrons. The van der Waals surface area contributed by atoms with Gasteiger partial charge in [-0.25, -0.2) is 4.79 Å². The van der Waals surface area contributed by atoms with Crippen LogP contribution in [-0.4, -0.2) is 78.5 Å². The molecule has 0 saturated carbocycles. The summed E-state index contributed by atoms with van der Waals surface area (Å²) in [5.74, 6) is 0.826. The zero-order valence-electron chi connectivity index (χ0n) is 17.6. The zero-order chi connectivity index (χ0) is 20.8. The Labute approximate surface area is 177 Å². The number of morpholine rings is 1. The van der Waals surface area contributed by atoms with Crippen molar-refractivity contribution in [1.29, 1.82) is 0 Å². The second-order valence-electron chi connectivity index (χ2n) is 7.94. The summed E-state index contributed by atoms with van der Waals surface area (Å²) in [6, 6.07) is 7.60. The van der Waals surface area contributed by atoms with Crippen LogP contribution in [0.1, 0.15) is 41.9 Å². The van der Waals surface area contributed by atoms with Crippen LogP contribution in [-0.2, 0) is 16.0 Å². The first-order valence-corrected chi connectivity index (χ1v) is 10.8. The first-order valence-electron chi connectivity index (χ1n) is 10.8. The molecule has 0 N–H and O–H groups in total. The summed E-state index contributed by atoms with van der Waals surface area (Å²) < 4.78 is 15.7. The summed E-state index contributed by atoms with van der Waals surface area (Å²) in [5.41, 5.74) is 1.32. The largest absolute Gasteiger partial charge is 0.465 e. The smallest absolute Gasteiger partial charge is 0.337 e. The number of esters is 1. The average molecular weight is 415 g/mol. The van der Waals surface area contributed by atoms with Gasteiger partial charge in [-0.1, -0.05) is 23.7 Å². The molecule has 30 heavy (non-hydrogen) atoms. The fourth-order valence-electron chi connectivity index (χ4n) is 4.23. The standard InChI is InChI=1S/C22H30N4O4/c1-28-22(27)18-7-5-17(6-8-18)21-23-20(30-24-21)16-26-10-3-2-4-19(26)9-11-25-12-14-29-15-13-25/h5-8,19H,2-4,9-16H2,1H3/t19-/m1/s1. The molecule has 8 heteroatoms. The Hall–Kier alpha value is -2.29. The van der Waals surface area contributed by atoms with Crippen LogP contribution >= 0.6 is 0 Å². The van der Waals surface area contributed by atoms with Crippen LogP contribution in [0.5, 0.6) is 0 Å². The lowest BCUT2D eigenvalue weighted by atomic mass is 9.99. The Balaban J connectivity index is 1.35. The number of nitrogens with zero attached hydrogens (tertiary/aromatic N) is 4.